The van der Waals surface area contributed by atoms with E-state index < -0.39 is 10.0 Å². The second-order valence-corrected chi connectivity index (χ2v) is 12.8. The topological polar surface area (TPSA) is 90.8 Å². The van der Waals surface area contributed by atoms with Crippen LogP contribution in [0.1, 0.15) is 19.8 Å². The summed E-state index contributed by atoms with van der Waals surface area (Å²) in [5.41, 5.74) is 5.56. The maximum absolute atomic E-state index is 13.3. The van der Waals surface area contributed by atoms with Gasteiger partial charge >= 0.3 is 0 Å². The van der Waals surface area contributed by atoms with Gasteiger partial charge in [0.25, 0.3) is 0 Å². The van der Waals surface area contributed by atoms with Gasteiger partial charge in [-0.15, -0.1) is 4.33 Å². The first-order chi connectivity index (χ1) is 20.0. The van der Waals surface area contributed by atoms with Crippen LogP contribution in [0.4, 0.5) is 0 Å². The third-order valence-corrected chi connectivity index (χ3v) is 9.90. The third-order valence-electron chi connectivity index (χ3n) is 7.44. The highest BCUT2D eigenvalue weighted by atomic mass is 32.2. The second-order valence-electron chi connectivity index (χ2n) is 10.1. The molecule has 0 saturated carbocycles. The van der Waals surface area contributed by atoms with Gasteiger partial charge in [-0.3, -0.25) is 9.97 Å². The van der Waals surface area contributed by atoms with Gasteiger partial charge in [-0.1, -0.05) is 48.4 Å². The molecule has 3 aromatic carbocycles. The van der Waals surface area contributed by atoms with Crippen LogP contribution in [-0.2, 0) is 24.3 Å². The van der Waals surface area contributed by atoms with Crippen molar-refractivity contribution in [2.24, 2.45) is 5.92 Å². The Labute approximate surface area is 243 Å². The van der Waals surface area contributed by atoms with E-state index in [9.17, 15) is 8.42 Å². The van der Waals surface area contributed by atoms with Crippen molar-refractivity contribution in [3.63, 3.8) is 0 Å². The van der Waals surface area contributed by atoms with Gasteiger partial charge in [0.1, 0.15) is 0 Å². The number of nitrogens with zero attached hydrogens (tertiary/aromatic N) is 3. The molecule has 0 N–H and O–H groups in total. The summed E-state index contributed by atoms with van der Waals surface area (Å²) in [5.74, 6) is 0.374. The van der Waals surface area contributed by atoms with Crippen molar-refractivity contribution < 1.29 is 22.7 Å². The van der Waals surface area contributed by atoms with Crippen LogP contribution in [0.15, 0.2) is 95.0 Å². The van der Waals surface area contributed by atoms with Crippen LogP contribution in [0.2, 0.25) is 0 Å². The predicted molar refractivity (Wildman–Crippen MR) is 160 cm³/mol. The molecule has 41 heavy (non-hydrogen) atoms. The average Bonchev–Trinajstić information content (AvgIpc) is 3.01. The van der Waals surface area contributed by atoms with E-state index in [1.807, 2.05) is 48.5 Å². The van der Waals surface area contributed by atoms with E-state index in [0.717, 1.165) is 73.8 Å². The molecule has 1 aliphatic rings. The van der Waals surface area contributed by atoms with Crippen molar-refractivity contribution in [2.45, 2.75) is 29.6 Å². The molecule has 3 heterocycles. The van der Waals surface area contributed by atoms with Crippen molar-refractivity contribution in [1.29, 1.82) is 0 Å². The lowest BCUT2D eigenvalue weighted by molar-refractivity contribution is -0.447. The molecule has 6 rings (SSSR count). The first-order valence-corrected chi connectivity index (χ1v) is 15.6. The van der Waals surface area contributed by atoms with Crippen molar-refractivity contribution in [3.05, 3.63) is 85.2 Å². The highest BCUT2D eigenvalue weighted by Crippen LogP contribution is 2.36. The highest BCUT2D eigenvalue weighted by Gasteiger charge is 2.28. The number of rotatable bonds is 8. The van der Waals surface area contributed by atoms with Crippen LogP contribution < -0.4 is 0 Å². The lowest BCUT2D eigenvalue weighted by Crippen LogP contribution is -2.39. The molecule has 8 nitrogen and oxygen atoms in total. The Kier molecular flexibility index (Phi) is 8.03. The molecule has 1 saturated heterocycles. The minimum atomic E-state index is -3.51. The molecule has 0 radical (unpaired) electrons. The molecule has 0 amide bonds. The van der Waals surface area contributed by atoms with Gasteiger partial charge in [-0.05, 0) is 77.4 Å². The minimum Gasteiger partial charge on any atom is -0.254 e. The van der Waals surface area contributed by atoms with Crippen LogP contribution in [0, 0.1) is 5.92 Å². The summed E-state index contributed by atoms with van der Waals surface area (Å²) in [5, 5.41) is 6.40. The van der Waals surface area contributed by atoms with E-state index in [-0.39, 0.29) is 0 Å². The standard InChI is InChI=1S/C31H29N3O5S2/c1-21-4-3-19-34(20-21)41(35,36)25-11-7-23(8-12-25)27-16-18-33-31-29(27)14-13-28-26(15-17-32-30(28)31)22-5-9-24(10-6-22)40-39-38-37-2/h5-18,21H,3-4,19-20H2,1-2H3. The quantitative estimate of drug-likeness (QED) is 0.0627. The van der Waals surface area contributed by atoms with Crippen LogP contribution in [0.5, 0.6) is 0 Å². The van der Waals surface area contributed by atoms with Gasteiger partial charge in [0.05, 0.1) is 35.1 Å². The van der Waals surface area contributed by atoms with Crippen molar-refractivity contribution in [3.8, 4) is 22.3 Å². The Morgan fingerprint density at radius 3 is 1.98 bits per heavy atom. The van der Waals surface area contributed by atoms with Gasteiger partial charge in [0.15, 0.2) is 0 Å². The Morgan fingerprint density at radius 1 is 0.829 bits per heavy atom. The van der Waals surface area contributed by atoms with E-state index in [4.69, 9.17) is 14.3 Å². The lowest BCUT2D eigenvalue weighted by atomic mass is 9.96. The Morgan fingerprint density at radius 2 is 1.41 bits per heavy atom. The number of piperidine rings is 1. The number of aromatic nitrogens is 2. The Bertz CT molecular complexity index is 1800. The average molecular weight is 588 g/mol. The molecule has 1 aliphatic heterocycles. The molecule has 1 atom stereocenters. The maximum Gasteiger partial charge on any atom is 0.243 e. The monoisotopic (exact) mass is 587 g/mol. The number of sulfonamides is 1. The Hall–Kier alpha value is -3.38. The summed E-state index contributed by atoms with van der Waals surface area (Å²) in [6.45, 7) is 3.25. The molecular weight excluding hydrogens is 558 g/mol. The van der Waals surface area contributed by atoms with E-state index >= 15 is 0 Å². The van der Waals surface area contributed by atoms with Crippen molar-refractivity contribution in [2.75, 3.05) is 20.2 Å². The highest BCUT2D eigenvalue weighted by molar-refractivity contribution is 7.94. The number of hydrogen-bond acceptors (Lipinski definition) is 8. The van der Waals surface area contributed by atoms with Gasteiger partial charge in [-0.2, -0.15) is 4.31 Å². The molecule has 1 unspecified atom stereocenters. The number of fused-ring (bicyclic) bond motifs is 3. The zero-order valence-corrected chi connectivity index (χ0v) is 24.3. The van der Waals surface area contributed by atoms with E-state index in [2.05, 4.69) is 29.0 Å². The maximum atomic E-state index is 13.3. The molecule has 0 bridgehead atoms. The number of hydrogen-bond donors (Lipinski definition) is 0. The summed E-state index contributed by atoms with van der Waals surface area (Å²) in [7, 11) is -2.14. The normalized spacial score (nSPS) is 16.4. The van der Waals surface area contributed by atoms with Crippen LogP contribution >= 0.6 is 12.0 Å². The van der Waals surface area contributed by atoms with Gasteiger partial charge < -0.3 is 0 Å². The summed E-state index contributed by atoms with van der Waals surface area (Å²) >= 11 is 1.06. The fourth-order valence-electron chi connectivity index (χ4n) is 5.42. The fourth-order valence-corrected chi connectivity index (χ4v) is 7.43. The smallest absolute Gasteiger partial charge is 0.243 e. The van der Waals surface area contributed by atoms with Crippen LogP contribution in [-0.4, -0.2) is 42.9 Å². The largest absolute Gasteiger partial charge is 0.254 e. The molecule has 0 aliphatic carbocycles. The fraction of sp³-hybridized carbons (Fsp3) is 0.226. The second kappa shape index (κ2) is 11.8. The first kappa shape index (κ1) is 27.8. The molecular formula is C31H29N3O5S2. The van der Waals surface area contributed by atoms with Gasteiger partial charge in [-0.25, -0.2) is 13.3 Å². The zero-order valence-electron chi connectivity index (χ0n) is 22.7. The Balaban J connectivity index is 1.33. The number of benzene rings is 3. The minimum absolute atomic E-state index is 0.327. The summed E-state index contributed by atoms with van der Waals surface area (Å²) in [6.07, 6.45) is 5.54. The van der Waals surface area contributed by atoms with Crippen LogP contribution in [0.3, 0.4) is 0 Å². The SMILES string of the molecule is COOOSc1ccc(-c2ccnc3c2ccc2c(-c4ccc(S(=O)(=O)N5CCCC(C)C5)cc4)ccnc23)cc1. The number of pyridine rings is 2. The summed E-state index contributed by atoms with van der Waals surface area (Å²) in [6, 6.07) is 23.2. The predicted octanol–water partition coefficient (Wildman–Crippen LogP) is 7.05. The van der Waals surface area contributed by atoms with E-state index in [0.29, 0.717) is 23.9 Å². The molecule has 0 spiro atoms. The van der Waals surface area contributed by atoms with E-state index in [1.54, 1.807) is 28.8 Å². The third kappa shape index (κ3) is 5.59. The van der Waals surface area contributed by atoms with Crippen molar-refractivity contribution in [1.82, 2.24) is 14.3 Å². The zero-order chi connectivity index (χ0) is 28.4. The summed E-state index contributed by atoms with van der Waals surface area (Å²) < 4.78 is 33.0. The van der Waals surface area contributed by atoms with E-state index in [1.165, 1.54) is 7.11 Å². The molecule has 210 valence electrons. The lowest BCUT2D eigenvalue weighted by Gasteiger charge is -2.30. The molecule has 1 fully saturated rings. The van der Waals surface area contributed by atoms with Gasteiger partial charge in [0.2, 0.25) is 10.0 Å². The summed E-state index contributed by atoms with van der Waals surface area (Å²) in [4.78, 5) is 15.0. The molecule has 10 heteroatoms. The van der Waals surface area contributed by atoms with Crippen LogP contribution in [0.25, 0.3) is 44.1 Å². The van der Waals surface area contributed by atoms with Gasteiger partial charge in [0, 0.05) is 41.2 Å². The first-order valence-electron chi connectivity index (χ1n) is 13.4. The molecule has 2 aromatic heterocycles. The molecule has 5 aromatic rings. The van der Waals surface area contributed by atoms with Crippen molar-refractivity contribution >= 4 is 43.9 Å².